The Labute approximate surface area is 67.4 Å². The molecule has 1 aromatic carbocycles. The van der Waals surface area contributed by atoms with E-state index in [0.717, 1.165) is 12.1 Å². The zero-order chi connectivity index (χ0) is 9.14. The van der Waals surface area contributed by atoms with Crippen LogP contribution in [-0.2, 0) is 4.79 Å². The standard InChI is InChI=1S/C8H5FO3/c9-6-4-2-1-3-5(6)7(10)8(11)12/h1-4H,(H,11,12)/i7+1,8+1. The van der Waals surface area contributed by atoms with Crippen LogP contribution in [0.1, 0.15) is 10.4 Å². The van der Waals surface area contributed by atoms with Crippen LogP contribution in [0.25, 0.3) is 0 Å². The van der Waals surface area contributed by atoms with Gasteiger partial charge in [-0.1, -0.05) is 12.1 Å². The summed E-state index contributed by atoms with van der Waals surface area (Å²) in [6, 6.07) is 4.95. The first-order valence-corrected chi connectivity index (χ1v) is 3.15. The van der Waals surface area contributed by atoms with Crippen molar-refractivity contribution in [1.29, 1.82) is 0 Å². The number of benzene rings is 1. The summed E-state index contributed by atoms with van der Waals surface area (Å²) in [6.45, 7) is 0. The first-order chi connectivity index (χ1) is 5.63. The van der Waals surface area contributed by atoms with Crippen LogP contribution in [0.3, 0.4) is 0 Å². The van der Waals surface area contributed by atoms with Crippen molar-refractivity contribution in [2.75, 3.05) is 0 Å². The van der Waals surface area contributed by atoms with E-state index in [4.69, 9.17) is 5.11 Å². The molecule has 1 rings (SSSR count). The first-order valence-electron chi connectivity index (χ1n) is 3.15. The fourth-order valence-corrected chi connectivity index (χ4v) is 0.761. The van der Waals surface area contributed by atoms with Crippen LogP contribution in [0, 0.1) is 5.82 Å². The highest BCUT2D eigenvalue weighted by Crippen LogP contribution is 2.06. The fraction of sp³-hybridized carbons (Fsp3) is 0. The highest BCUT2D eigenvalue weighted by Gasteiger charge is 2.17. The van der Waals surface area contributed by atoms with Gasteiger partial charge >= 0.3 is 5.97 Å². The van der Waals surface area contributed by atoms with E-state index >= 15 is 0 Å². The zero-order valence-electron chi connectivity index (χ0n) is 5.95. The van der Waals surface area contributed by atoms with Crippen molar-refractivity contribution in [2.45, 2.75) is 0 Å². The molecule has 0 aromatic heterocycles. The van der Waals surface area contributed by atoms with Crippen molar-refractivity contribution in [2.24, 2.45) is 0 Å². The van der Waals surface area contributed by atoms with E-state index in [1.54, 1.807) is 0 Å². The van der Waals surface area contributed by atoms with Gasteiger partial charge in [-0.3, -0.25) is 4.79 Å². The van der Waals surface area contributed by atoms with E-state index in [1.165, 1.54) is 12.1 Å². The Hall–Kier alpha value is -1.71. The number of aliphatic carboxylic acids is 1. The van der Waals surface area contributed by atoms with Crippen molar-refractivity contribution in [3.8, 4) is 0 Å². The summed E-state index contributed by atoms with van der Waals surface area (Å²) in [4.78, 5) is 20.9. The molecule has 0 heterocycles. The quantitative estimate of drug-likeness (QED) is 0.410. The number of rotatable bonds is 2. The van der Waals surface area contributed by atoms with E-state index in [0.29, 0.717) is 0 Å². The minimum absolute atomic E-state index is 0.412. The summed E-state index contributed by atoms with van der Waals surface area (Å²) in [5, 5.41) is 8.24. The minimum Gasteiger partial charge on any atom is -0.475 e. The smallest absolute Gasteiger partial charge is 0.377 e. The molecule has 0 saturated heterocycles. The van der Waals surface area contributed by atoms with Gasteiger partial charge in [0.05, 0.1) is 5.56 Å². The van der Waals surface area contributed by atoms with Gasteiger partial charge in [0.25, 0.3) is 5.78 Å². The minimum atomic E-state index is -1.65. The number of halogens is 1. The zero-order valence-corrected chi connectivity index (χ0v) is 5.95. The van der Waals surface area contributed by atoms with Gasteiger partial charge in [0.2, 0.25) is 0 Å². The average molecular weight is 170 g/mol. The van der Waals surface area contributed by atoms with Gasteiger partial charge < -0.3 is 5.11 Å². The summed E-state index contributed by atoms with van der Waals surface area (Å²) in [5.41, 5.74) is -0.412. The average Bonchev–Trinajstić information content (AvgIpc) is 2.04. The fourth-order valence-electron chi connectivity index (χ4n) is 0.761. The van der Waals surface area contributed by atoms with Gasteiger partial charge in [-0.25, -0.2) is 9.18 Å². The predicted octanol–water partition coefficient (Wildman–Crippen LogP) is 1.09. The summed E-state index contributed by atoms with van der Waals surface area (Å²) < 4.78 is 12.7. The molecule has 4 heteroatoms. The second kappa shape index (κ2) is 3.13. The van der Waals surface area contributed by atoms with Crippen LogP contribution in [0.2, 0.25) is 0 Å². The second-order valence-corrected chi connectivity index (χ2v) is 2.11. The van der Waals surface area contributed by atoms with Gasteiger partial charge in [-0.05, 0) is 12.1 Å². The van der Waals surface area contributed by atoms with Crippen molar-refractivity contribution in [3.63, 3.8) is 0 Å². The molecule has 0 aliphatic carbocycles. The third-order valence-corrected chi connectivity index (χ3v) is 1.31. The monoisotopic (exact) mass is 170 g/mol. The molecule has 0 atom stereocenters. The number of carbonyl (C=O) groups is 2. The maximum absolute atomic E-state index is 12.7. The van der Waals surface area contributed by atoms with E-state index in [-0.39, 0.29) is 0 Å². The van der Waals surface area contributed by atoms with E-state index in [9.17, 15) is 14.0 Å². The van der Waals surface area contributed by atoms with E-state index < -0.39 is 23.1 Å². The molecule has 12 heavy (non-hydrogen) atoms. The second-order valence-electron chi connectivity index (χ2n) is 2.11. The van der Waals surface area contributed by atoms with Crippen LogP contribution in [-0.4, -0.2) is 16.9 Å². The number of Topliss-reactive ketones (excluding diaryl/α,β-unsaturated/α-hetero) is 1. The summed E-state index contributed by atoms with van der Waals surface area (Å²) in [7, 11) is 0. The number of ketones is 1. The molecular formula is C8H5FO3. The van der Waals surface area contributed by atoms with Gasteiger partial charge in [-0.15, -0.1) is 0 Å². The van der Waals surface area contributed by atoms with Crippen LogP contribution >= 0.6 is 0 Å². The lowest BCUT2D eigenvalue weighted by molar-refractivity contribution is -0.131. The molecular weight excluding hydrogens is 165 g/mol. The van der Waals surface area contributed by atoms with Gasteiger partial charge in [0.1, 0.15) is 5.82 Å². The Morgan fingerprint density at radius 1 is 1.25 bits per heavy atom. The number of hydrogen-bond donors (Lipinski definition) is 1. The summed E-state index contributed by atoms with van der Waals surface area (Å²) in [5.74, 6) is -3.70. The molecule has 0 unspecified atom stereocenters. The molecule has 0 saturated carbocycles. The highest BCUT2D eigenvalue weighted by atomic mass is 19.1. The van der Waals surface area contributed by atoms with Crippen molar-refractivity contribution in [1.82, 2.24) is 0 Å². The maximum Gasteiger partial charge on any atom is 0.377 e. The third-order valence-electron chi connectivity index (χ3n) is 1.31. The topological polar surface area (TPSA) is 54.4 Å². The van der Waals surface area contributed by atoms with Crippen molar-refractivity contribution >= 4 is 11.8 Å². The number of carboxylic acid groups (broad SMARTS) is 1. The highest BCUT2D eigenvalue weighted by molar-refractivity contribution is 6.39. The number of carbonyl (C=O) groups excluding carboxylic acids is 1. The van der Waals surface area contributed by atoms with Crippen molar-refractivity contribution < 1.29 is 19.1 Å². The lowest BCUT2D eigenvalue weighted by Gasteiger charge is -1.95. The number of hydrogen-bond acceptors (Lipinski definition) is 2. The molecule has 62 valence electrons. The molecule has 0 amide bonds. The normalized spacial score (nSPS) is 9.42. The SMILES string of the molecule is O=[13C](O)[13C](=O)c1ccccc1F. The molecule has 0 radical (unpaired) electrons. The Morgan fingerprint density at radius 2 is 1.83 bits per heavy atom. The van der Waals surface area contributed by atoms with Crippen molar-refractivity contribution in [3.05, 3.63) is 35.6 Å². The van der Waals surface area contributed by atoms with Gasteiger partial charge in [0, 0.05) is 0 Å². The maximum atomic E-state index is 12.7. The lowest BCUT2D eigenvalue weighted by atomic mass is 10.3. The molecule has 0 aliphatic rings. The Morgan fingerprint density at radius 3 is 2.33 bits per heavy atom. The van der Waals surface area contributed by atoms with Crippen LogP contribution in [0.5, 0.6) is 0 Å². The molecule has 3 nitrogen and oxygen atoms in total. The Bertz CT molecular complexity index is 333. The molecule has 0 aliphatic heterocycles. The molecule has 0 fully saturated rings. The van der Waals surface area contributed by atoms with Crippen LogP contribution in [0.4, 0.5) is 4.39 Å². The lowest BCUT2D eigenvalue weighted by Crippen LogP contribution is -2.14. The summed E-state index contributed by atoms with van der Waals surface area (Å²) >= 11 is 0. The molecule has 0 bridgehead atoms. The third kappa shape index (κ3) is 1.47. The van der Waals surface area contributed by atoms with Crippen LogP contribution in [0.15, 0.2) is 24.3 Å². The molecule has 0 spiro atoms. The number of carboxylic acids is 1. The van der Waals surface area contributed by atoms with Crippen LogP contribution < -0.4 is 0 Å². The van der Waals surface area contributed by atoms with E-state index in [1.807, 2.05) is 0 Å². The first kappa shape index (κ1) is 8.39. The Kier molecular flexibility index (Phi) is 2.19. The molecule has 1 N–H and O–H groups in total. The summed E-state index contributed by atoms with van der Waals surface area (Å²) in [6.07, 6.45) is 0. The van der Waals surface area contributed by atoms with E-state index in [2.05, 4.69) is 0 Å². The largest absolute Gasteiger partial charge is 0.475 e. The predicted molar refractivity (Wildman–Crippen MR) is 38.4 cm³/mol. The van der Waals surface area contributed by atoms with Gasteiger partial charge in [0.15, 0.2) is 0 Å². The molecule has 1 aromatic rings. The van der Waals surface area contributed by atoms with Gasteiger partial charge in [-0.2, -0.15) is 0 Å². The Balaban J connectivity index is 3.11.